The Kier molecular flexibility index (Phi) is 3.97. The van der Waals surface area contributed by atoms with Crippen LogP contribution < -0.4 is 9.80 Å². The van der Waals surface area contributed by atoms with Crippen LogP contribution in [0.1, 0.15) is 5.69 Å². The van der Waals surface area contributed by atoms with Crippen molar-refractivity contribution in [3.8, 4) is 5.82 Å². The Labute approximate surface area is 160 Å². The summed E-state index contributed by atoms with van der Waals surface area (Å²) in [5, 5.41) is 7.81. The van der Waals surface area contributed by atoms with E-state index in [1.54, 1.807) is 22.3 Å². The lowest BCUT2D eigenvalue weighted by Gasteiger charge is -2.36. The number of aryl methyl sites for hydroxylation is 1. The van der Waals surface area contributed by atoms with Crippen LogP contribution in [0.2, 0.25) is 0 Å². The third-order valence-electron chi connectivity index (χ3n) is 4.86. The van der Waals surface area contributed by atoms with Crippen LogP contribution in [-0.2, 0) is 0 Å². The second-order valence-corrected chi connectivity index (χ2v) is 7.52. The average molecular weight is 377 g/mol. The molecule has 0 amide bonds. The molecule has 27 heavy (non-hydrogen) atoms. The lowest BCUT2D eigenvalue weighted by molar-refractivity contribution is 0.642. The molecule has 5 heterocycles. The van der Waals surface area contributed by atoms with Crippen molar-refractivity contribution in [2.75, 3.05) is 36.0 Å². The second kappa shape index (κ2) is 6.62. The van der Waals surface area contributed by atoms with Crippen molar-refractivity contribution >= 4 is 33.1 Å². The summed E-state index contributed by atoms with van der Waals surface area (Å²) in [5.74, 6) is 2.82. The maximum Gasteiger partial charge on any atom is 0.158 e. The molecule has 1 aliphatic rings. The van der Waals surface area contributed by atoms with E-state index in [1.165, 1.54) is 10.1 Å². The third kappa shape index (κ3) is 3.02. The SMILES string of the molecule is Cc1ccn(-c2cc(N3CCN(c4nccc5sccc45)CC3)ncn2)n1. The number of hydrogen-bond donors (Lipinski definition) is 0. The molecule has 0 saturated carbocycles. The number of piperazine rings is 1. The Hall–Kier alpha value is -3.00. The van der Waals surface area contributed by atoms with E-state index in [2.05, 4.69) is 47.4 Å². The molecular formula is C19H19N7S. The molecule has 0 spiro atoms. The van der Waals surface area contributed by atoms with Gasteiger partial charge in [0, 0.05) is 54.7 Å². The minimum absolute atomic E-state index is 0.792. The fraction of sp³-hybridized carbons (Fsp3) is 0.263. The topological polar surface area (TPSA) is 63.0 Å². The molecule has 1 fully saturated rings. The molecule has 8 heteroatoms. The zero-order valence-electron chi connectivity index (χ0n) is 15.0. The van der Waals surface area contributed by atoms with E-state index in [9.17, 15) is 0 Å². The van der Waals surface area contributed by atoms with E-state index in [0.717, 1.165) is 49.3 Å². The third-order valence-corrected chi connectivity index (χ3v) is 5.74. The van der Waals surface area contributed by atoms with Gasteiger partial charge in [-0.2, -0.15) is 5.10 Å². The lowest BCUT2D eigenvalue weighted by Crippen LogP contribution is -2.47. The molecule has 0 radical (unpaired) electrons. The first-order valence-electron chi connectivity index (χ1n) is 8.95. The van der Waals surface area contributed by atoms with Gasteiger partial charge in [0.25, 0.3) is 0 Å². The molecule has 4 aromatic heterocycles. The van der Waals surface area contributed by atoms with Gasteiger partial charge in [-0.1, -0.05) is 0 Å². The lowest BCUT2D eigenvalue weighted by atomic mass is 10.2. The van der Waals surface area contributed by atoms with Crippen molar-refractivity contribution in [2.45, 2.75) is 6.92 Å². The van der Waals surface area contributed by atoms with Crippen LogP contribution in [0.25, 0.3) is 15.9 Å². The molecule has 0 unspecified atom stereocenters. The number of thiophene rings is 1. The van der Waals surface area contributed by atoms with E-state index in [-0.39, 0.29) is 0 Å². The highest BCUT2D eigenvalue weighted by molar-refractivity contribution is 7.17. The van der Waals surface area contributed by atoms with Crippen LogP contribution in [-0.4, -0.2) is 50.9 Å². The van der Waals surface area contributed by atoms with Crippen LogP contribution >= 0.6 is 11.3 Å². The first-order valence-corrected chi connectivity index (χ1v) is 9.83. The number of pyridine rings is 1. The second-order valence-electron chi connectivity index (χ2n) is 6.58. The monoisotopic (exact) mass is 377 g/mol. The number of rotatable bonds is 3. The average Bonchev–Trinajstić information content (AvgIpc) is 3.37. The normalized spacial score (nSPS) is 14.9. The van der Waals surface area contributed by atoms with Crippen molar-refractivity contribution in [3.05, 3.63) is 54.1 Å². The Bertz CT molecular complexity index is 1080. The first kappa shape index (κ1) is 16.2. The zero-order chi connectivity index (χ0) is 18.2. The van der Waals surface area contributed by atoms with Gasteiger partial charge in [0.1, 0.15) is 18.0 Å². The predicted molar refractivity (Wildman–Crippen MR) is 108 cm³/mol. The number of nitrogens with zero attached hydrogens (tertiary/aromatic N) is 7. The molecular weight excluding hydrogens is 358 g/mol. The molecule has 0 N–H and O–H groups in total. The van der Waals surface area contributed by atoms with Gasteiger partial charge in [0.2, 0.25) is 0 Å². The maximum absolute atomic E-state index is 4.63. The van der Waals surface area contributed by atoms with Crippen molar-refractivity contribution in [2.24, 2.45) is 0 Å². The Morgan fingerprint density at radius 1 is 0.926 bits per heavy atom. The predicted octanol–water partition coefficient (Wildman–Crippen LogP) is 2.91. The summed E-state index contributed by atoms with van der Waals surface area (Å²) in [5.41, 5.74) is 0.971. The van der Waals surface area contributed by atoms with E-state index >= 15 is 0 Å². The van der Waals surface area contributed by atoms with Crippen LogP contribution in [0.4, 0.5) is 11.6 Å². The van der Waals surface area contributed by atoms with E-state index < -0.39 is 0 Å². The molecule has 0 bridgehead atoms. The highest BCUT2D eigenvalue weighted by atomic mass is 32.1. The summed E-state index contributed by atoms with van der Waals surface area (Å²) in [6, 6.07) is 8.22. The zero-order valence-corrected chi connectivity index (χ0v) is 15.8. The molecule has 1 aliphatic heterocycles. The highest BCUT2D eigenvalue weighted by Gasteiger charge is 2.21. The standard InChI is InChI=1S/C19H19N7S/c1-14-3-6-26(23-14)18-12-17(21-13-22-18)24-7-9-25(10-8-24)19-15-4-11-27-16(15)2-5-20-19/h2-6,11-13H,7-10H2,1H3. The van der Waals surface area contributed by atoms with Gasteiger partial charge in [-0.05, 0) is 30.5 Å². The van der Waals surface area contributed by atoms with E-state index in [4.69, 9.17) is 0 Å². The Morgan fingerprint density at radius 3 is 2.56 bits per heavy atom. The maximum atomic E-state index is 4.63. The van der Waals surface area contributed by atoms with Gasteiger partial charge in [0.05, 0.1) is 5.69 Å². The van der Waals surface area contributed by atoms with Crippen LogP contribution in [0.5, 0.6) is 0 Å². The molecule has 7 nitrogen and oxygen atoms in total. The van der Waals surface area contributed by atoms with Crippen molar-refractivity contribution in [1.29, 1.82) is 0 Å². The summed E-state index contributed by atoms with van der Waals surface area (Å²) < 4.78 is 3.08. The summed E-state index contributed by atoms with van der Waals surface area (Å²) in [4.78, 5) is 18.1. The molecule has 136 valence electrons. The first-order chi connectivity index (χ1) is 13.3. The summed E-state index contributed by atoms with van der Waals surface area (Å²) in [6.07, 6.45) is 5.44. The van der Waals surface area contributed by atoms with Gasteiger partial charge in [-0.25, -0.2) is 19.6 Å². The molecule has 0 atom stereocenters. The Morgan fingerprint density at radius 2 is 1.74 bits per heavy atom. The fourth-order valence-corrected chi connectivity index (χ4v) is 4.23. The fourth-order valence-electron chi connectivity index (χ4n) is 3.46. The minimum atomic E-state index is 0.792. The molecule has 5 rings (SSSR count). The molecule has 0 aromatic carbocycles. The van der Waals surface area contributed by atoms with Gasteiger partial charge >= 0.3 is 0 Å². The van der Waals surface area contributed by atoms with Crippen LogP contribution in [0, 0.1) is 6.92 Å². The van der Waals surface area contributed by atoms with Crippen LogP contribution in [0.3, 0.4) is 0 Å². The van der Waals surface area contributed by atoms with Gasteiger partial charge in [0.15, 0.2) is 5.82 Å². The van der Waals surface area contributed by atoms with Gasteiger partial charge in [-0.15, -0.1) is 11.3 Å². The van der Waals surface area contributed by atoms with Crippen LogP contribution in [0.15, 0.2) is 48.4 Å². The molecule has 0 aliphatic carbocycles. The number of fused-ring (bicyclic) bond motifs is 1. The van der Waals surface area contributed by atoms with Crippen molar-refractivity contribution in [3.63, 3.8) is 0 Å². The van der Waals surface area contributed by atoms with E-state index in [0.29, 0.717) is 0 Å². The summed E-state index contributed by atoms with van der Waals surface area (Å²) in [6.45, 7) is 5.61. The smallest absolute Gasteiger partial charge is 0.158 e. The minimum Gasteiger partial charge on any atom is -0.353 e. The van der Waals surface area contributed by atoms with E-state index in [1.807, 2.05) is 31.5 Å². The number of aromatic nitrogens is 5. The molecule has 1 saturated heterocycles. The summed E-state index contributed by atoms with van der Waals surface area (Å²) in [7, 11) is 0. The summed E-state index contributed by atoms with van der Waals surface area (Å²) >= 11 is 1.76. The Balaban J connectivity index is 1.34. The van der Waals surface area contributed by atoms with Crippen molar-refractivity contribution < 1.29 is 0 Å². The highest BCUT2D eigenvalue weighted by Crippen LogP contribution is 2.29. The number of anilines is 2. The molecule has 4 aromatic rings. The quantitative estimate of drug-likeness (QED) is 0.547. The van der Waals surface area contributed by atoms with Gasteiger partial charge < -0.3 is 9.80 Å². The van der Waals surface area contributed by atoms with Gasteiger partial charge in [-0.3, -0.25) is 0 Å². The van der Waals surface area contributed by atoms with Crippen molar-refractivity contribution in [1.82, 2.24) is 24.7 Å². The number of hydrogen-bond acceptors (Lipinski definition) is 7. The largest absolute Gasteiger partial charge is 0.353 e.